The van der Waals surface area contributed by atoms with Crippen LogP contribution in [0.3, 0.4) is 0 Å². The molecule has 1 saturated heterocycles. The number of carbonyl (C=O) groups is 1. The fourth-order valence-corrected chi connectivity index (χ4v) is 6.48. The van der Waals surface area contributed by atoms with Crippen molar-refractivity contribution in [2.75, 3.05) is 13.1 Å². The molecule has 0 spiro atoms. The van der Waals surface area contributed by atoms with Crippen LogP contribution in [0.25, 0.3) is 10.9 Å². The van der Waals surface area contributed by atoms with Gasteiger partial charge in [-0.05, 0) is 50.3 Å². The summed E-state index contributed by atoms with van der Waals surface area (Å²) in [6.07, 6.45) is 12.5. The number of likely N-dealkylation sites (tertiary alicyclic amines) is 1. The van der Waals surface area contributed by atoms with Gasteiger partial charge in [-0.15, -0.1) is 6.58 Å². The predicted molar refractivity (Wildman–Crippen MR) is 131 cm³/mol. The summed E-state index contributed by atoms with van der Waals surface area (Å²) >= 11 is 0. The van der Waals surface area contributed by atoms with Crippen molar-refractivity contribution in [2.45, 2.75) is 49.4 Å². The molecule has 0 radical (unpaired) electrons. The van der Waals surface area contributed by atoms with E-state index in [2.05, 4.69) is 11.9 Å². The van der Waals surface area contributed by atoms with E-state index >= 15 is 0 Å². The molecule has 176 valence electrons. The fourth-order valence-electron chi connectivity index (χ4n) is 4.83. The van der Waals surface area contributed by atoms with Gasteiger partial charge in [-0.1, -0.05) is 42.5 Å². The van der Waals surface area contributed by atoms with Gasteiger partial charge in [0.05, 0.1) is 5.52 Å². The standard InChI is InChI=1S/C25H31N3O4S/c1-3-11-25(14-17-27(18-15-25)23(29)30)26-19-20-8-7-9-22-21(20)10-16-28(22)33(31,32)24(2)12-5-4-6-13-24/h3-10,12,16,26H,1,11,13-15,17-19H2,2H3,(H,29,30). The van der Waals surface area contributed by atoms with Gasteiger partial charge in [-0.3, -0.25) is 0 Å². The number of carboxylic acid groups (broad SMARTS) is 1. The van der Waals surface area contributed by atoms with E-state index in [4.69, 9.17) is 0 Å². The van der Waals surface area contributed by atoms with Gasteiger partial charge in [0.2, 0.25) is 10.0 Å². The lowest BCUT2D eigenvalue weighted by molar-refractivity contribution is 0.107. The quantitative estimate of drug-likeness (QED) is 0.591. The molecule has 1 fully saturated rings. The molecule has 4 rings (SSSR count). The zero-order chi connectivity index (χ0) is 23.7. The molecule has 1 unspecified atom stereocenters. The van der Waals surface area contributed by atoms with Gasteiger partial charge in [0.1, 0.15) is 4.75 Å². The van der Waals surface area contributed by atoms with Crippen molar-refractivity contribution >= 4 is 27.0 Å². The van der Waals surface area contributed by atoms with Crippen molar-refractivity contribution in [1.29, 1.82) is 0 Å². The first-order valence-electron chi connectivity index (χ1n) is 11.2. The lowest BCUT2D eigenvalue weighted by Gasteiger charge is -2.41. The molecule has 1 aliphatic carbocycles. The lowest BCUT2D eigenvalue weighted by Crippen LogP contribution is -2.53. The fraction of sp³-hybridized carbons (Fsp3) is 0.400. The summed E-state index contributed by atoms with van der Waals surface area (Å²) in [5, 5.41) is 13.8. The van der Waals surface area contributed by atoms with E-state index < -0.39 is 20.9 Å². The number of benzene rings is 1. The Morgan fingerprint density at radius 2 is 2.00 bits per heavy atom. The molecule has 2 N–H and O–H groups in total. The first kappa shape index (κ1) is 23.3. The first-order chi connectivity index (χ1) is 15.7. The van der Waals surface area contributed by atoms with Crippen LogP contribution in [0.4, 0.5) is 4.79 Å². The van der Waals surface area contributed by atoms with Gasteiger partial charge in [0, 0.05) is 36.8 Å². The summed E-state index contributed by atoms with van der Waals surface area (Å²) in [6.45, 7) is 7.16. The number of hydrogen-bond acceptors (Lipinski definition) is 4. The Balaban J connectivity index is 1.59. The van der Waals surface area contributed by atoms with Crippen molar-refractivity contribution < 1.29 is 18.3 Å². The Morgan fingerprint density at radius 3 is 2.64 bits per heavy atom. The van der Waals surface area contributed by atoms with Gasteiger partial charge in [-0.2, -0.15) is 0 Å². The predicted octanol–water partition coefficient (Wildman–Crippen LogP) is 4.27. The highest BCUT2D eigenvalue weighted by molar-refractivity contribution is 7.91. The number of fused-ring (bicyclic) bond motifs is 1. The average Bonchev–Trinajstić information content (AvgIpc) is 3.24. The van der Waals surface area contributed by atoms with E-state index in [-0.39, 0.29) is 5.54 Å². The molecule has 2 heterocycles. The second-order valence-electron chi connectivity index (χ2n) is 9.17. The second-order valence-corrected chi connectivity index (χ2v) is 11.4. The average molecular weight is 470 g/mol. The molecular weight excluding hydrogens is 438 g/mol. The summed E-state index contributed by atoms with van der Waals surface area (Å²) in [7, 11) is -3.65. The largest absolute Gasteiger partial charge is 0.465 e. The molecule has 1 aromatic carbocycles. The highest BCUT2D eigenvalue weighted by Gasteiger charge is 2.39. The molecule has 1 atom stereocenters. The number of allylic oxidation sites excluding steroid dienone is 3. The van der Waals surface area contributed by atoms with Gasteiger partial charge in [-0.25, -0.2) is 17.2 Å². The zero-order valence-electron chi connectivity index (χ0n) is 18.9. The van der Waals surface area contributed by atoms with Crippen molar-refractivity contribution in [3.05, 3.63) is 73.0 Å². The number of amides is 1. The van der Waals surface area contributed by atoms with E-state index in [0.29, 0.717) is 44.4 Å². The molecule has 0 bridgehead atoms. The summed E-state index contributed by atoms with van der Waals surface area (Å²) in [5.41, 5.74) is 1.45. The Labute approximate surface area is 195 Å². The summed E-state index contributed by atoms with van der Waals surface area (Å²) < 4.78 is 27.5. The number of aromatic nitrogens is 1. The lowest BCUT2D eigenvalue weighted by atomic mass is 9.84. The Morgan fingerprint density at radius 1 is 1.24 bits per heavy atom. The maximum absolute atomic E-state index is 13.5. The molecular formula is C25H31N3O4S. The SMILES string of the molecule is C=CCC1(NCc2cccc3c2ccn3S(=O)(=O)C2(C)C=CC=CC2)CCN(C(=O)O)CC1. The third-order valence-corrected chi connectivity index (χ3v) is 9.35. The smallest absolute Gasteiger partial charge is 0.407 e. The molecule has 1 amide bonds. The van der Waals surface area contributed by atoms with E-state index in [1.807, 2.05) is 42.5 Å². The van der Waals surface area contributed by atoms with Crippen LogP contribution < -0.4 is 5.32 Å². The minimum atomic E-state index is -3.65. The molecule has 1 aromatic heterocycles. The molecule has 1 aliphatic heterocycles. The van der Waals surface area contributed by atoms with E-state index in [9.17, 15) is 18.3 Å². The highest BCUT2D eigenvalue weighted by atomic mass is 32.2. The topological polar surface area (TPSA) is 91.6 Å². The third kappa shape index (κ3) is 4.25. The van der Waals surface area contributed by atoms with Crippen LogP contribution >= 0.6 is 0 Å². The minimum absolute atomic E-state index is 0.225. The van der Waals surface area contributed by atoms with Crippen LogP contribution in [-0.2, 0) is 16.6 Å². The van der Waals surface area contributed by atoms with E-state index in [1.165, 1.54) is 8.87 Å². The minimum Gasteiger partial charge on any atom is -0.465 e. The van der Waals surface area contributed by atoms with Crippen LogP contribution in [-0.4, -0.2) is 51.9 Å². The number of piperidine rings is 1. The van der Waals surface area contributed by atoms with E-state index in [1.54, 1.807) is 25.3 Å². The van der Waals surface area contributed by atoms with Crippen molar-refractivity contribution in [2.24, 2.45) is 0 Å². The van der Waals surface area contributed by atoms with Crippen molar-refractivity contribution in [3.63, 3.8) is 0 Å². The van der Waals surface area contributed by atoms with Crippen LogP contribution in [0.2, 0.25) is 0 Å². The molecule has 2 aliphatic rings. The summed E-state index contributed by atoms with van der Waals surface area (Å²) in [6, 6.07) is 7.60. The third-order valence-electron chi connectivity index (χ3n) is 7.03. The van der Waals surface area contributed by atoms with Crippen LogP contribution in [0.15, 0.2) is 67.4 Å². The molecule has 8 heteroatoms. The van der Waals surface area contributed by atoms with Crippen molar-refractivity contribution in [1.82, 2.24) is 14.2 Å². The van der Waals surface area contributed by atoms with Gasteiger partial charge >= 0.3 is 6.09 Å². The van der Waals surface area contributed by atoms with Crippen LogP contribution in [0.5, 0.6) is 0 Å². The first-order valence-corrected chi connectivity index (χ1v) is 12.7. The van der Waals surface area contributed by atoms with Crippen LogP contribution in [0, 0.1) is 0 Å². The van der Waals surface area contributed by atoms with Gasteiger partial charge < -0.3 is 15.3 Å². The molecule has 0 saturated carbocycles. The Kier molecular flexibility index (Phi) is 6.24. The zero-order valence-corrected chi connectivity index (χ0v) is 19.7. The maximum Gasteiger partial charge on any atom is 0.407 e. The number of nitrogens with zero attached hydrogens (tertiary/aromatic N) is 2. The highest BCUT2D eigenvalue weighted by Crippen LogP contribution is 2.33. The molecule has 33 heavy (non-hydrogen) atoms. The van der Waals surface area contributed by atoms with Gasteiger partial charge in [0.25, 0.3) is 0 Å². The molecule has 7 nitrogen and oxygen atoms in total. The maximum atomic E-state index is 13.5. The van der Waals surface area contributed by atoms with E-state index in [0.717, 1.165) is 17.4 Å². The second kappa shape index (κ2) is 8.83. The van der Waals surface area contributed by atoms with Crippen molar-refractivity contribution in [3.8, 4) is 0 Å². The number of rotatable bonds is 7. The normalized spacial score (nSPS) is 22.5. The van der Waals surface area contributed by atoms with Crippen LogP contribution in [0.1, 0.15) is 38.2 Å². The Bertz CT molecular complexity index is 1220. The summed E-state index contributed by atoms with van der Waals surface area (Å²) in [5.74, 6) is 0. The Hall–Kier alpha value is -2.84. The monoisotopic (exact) mass is 469 g/mol. The summed E-state index contributed by atoms with van der Waals surface area (Å²) in [4.78, 5) is 12.7. The number of nitrogens with one attached hydrogen (secondary N) is 1. The molecule has 2 aromatic rings. The number of hydrogen-bond donors (Lipinski definition) is 2. The van der Waals surface area contributed by atoms with Gasteiger partial charge in [0.15, 0.2) is 0 Å².